The molecule has 0 fully saturated rings. The van der Waals surface area contributed by atoms with Gasteiger partial charge < -0.3 is 0 Å². The number of hydrogen-bond acceptors (Lipinski definition) is 0. The van der Waals surface area contributed by atoms with Crippen LogP contribution in [0.1, 0.15) is 36.0 Å². The fraction of sp³-hybridized carbons (Fsp3) is 0.500. The summed E-state index contributed by atoms with van der Waals surface area (Å²) in [4.78, 5) is 0. The standard InChI is InChI=1S/C12H16Br2/c1-8(4-5-13)11-6-9(2)10(3)7-12(11)14/h6-8H,4-5H2,1-3H3. The van der Waals surface area contributed by atoms with E-state index in [4.69, 9.17) is 0 Å². The van der Waals surface area contributed by atoms with Crippen molar-refractivity contribution < 1.29 is 0 Å². The molecular weight excluding hydrogens is 304 g/mol. The van der Waals surface area contributed by atoms with Crippen LogP contribution in [-0.2, 0) is 0 Å². The molecule has 0 heterocycles. The highest BCUT2D eigenvalue weighted by Gasteiger charge is 2.10. The Kier molecular flexibility index (Phi) is 4.65. The third-order valence-electron chi connectivity index (χ3n) is 2.69. The van der Waals surface area contributed by atoms with E-state index in [2.05, 4.69) is 64.8 Å². The van der Waals surface area contributed by atoms with E-state index in [1.54, 1.807) is 0 Å². The van der Waals surface area contributed by atoms with Crippen LogP contribution in [0.15, 0.2) is 16.6 Å². The van der Waals surface area contributed by atoms with Crippen molar-refractivity contribution in [2.24, 2.45) is 0 Å². The summed E-state index contributed by atoms with van der Waals surface area (Å²) in [7, 11) is 0. The van der Waals surface area contributed by atoms with E-state index in [0.717, 1.165) is 5.33 Å². The molecule has 0 nitrogen and oxygen atoms in total. The molecule has 0 N–H and O–H groups in total. The average molecular weight is 320 g/mol. The normalized spacial score (nSPS) is 12.9. The van der Waals surface area contributed by atoms with Crippen LogP contribution in [0, 0.1) is 13.8 Å². The minimum absolute atomic E-state index is 0.614. The second-order valence-corrected chi connectivity index (χ2v) is 5.48. The van der Waals surface area contributed by atoms with Gasteiger partial charge in [0.25, 0.3) is 0 Å². The Hall–Kier alpha value is 0.180. The van der Waals surface area contributed by atoms with Gasteiger partial charge in [-0.15, -0.1) is 0 Å². The number of rotatable bonds is 3. The van der Waals surface area contributed by atoms with Crippen molar-refractivity contribution in [2.75, 3.05) is 5.33 Å². The first kappa shape index (κ1) is 12.3. The van der Waals surface area contributed by atoms with Gasteiger partial charge in [-0.3, -0.25) is 0 Å². The van der Waals surface area contributed by atoms with Crippen LogP contribution in [0.2, 0.25) is 0 Å². The first-order valence-corrected chi connectivity index (χ1v) is 6.80. The Morgan fingerprint density at radius 3 is 2.36 bits per heavy atom. The molecule has 1 unspecified atom stereocenters. The maximum atomic E-state index is 3.64. The van der Waals surface area contributed by atoms with E-state index in [1.807, 2.05) is 0 Å². The molecule has 0 aliphatic rings. The van der Waals surface area contributed by atoms with Crippen LogP contribution >= 0.6 is 31.9 Å². The lowest BCUT2D eigenvalue weighted by atomic mass is 9.95. The van der Waals surface area contributed by atoms with Gasteiger partial charge in [-0.05, 0) is 48.9 Å². The molecule has 0 spiro atoms. The first-order chi connectivity index (χ1) is 6.56. The topological polar surface area (TPSA) is 0 Å². The molecule has 0 radical (unpaired) electrons. The molecule has 78 valence electrons. The third kappa shape index (κ3) is 2.83. The van der Waals surface area contributed by atoms with Crippen molar-refractivity contribution in [2.45, 2.75) is 33.1 Å². The number of halogens is 2. The molecule has 0 aliphatic heterocycles. The van der Waals surface area contributed by atoms with Gasteiger partial charge in [0.1, 0.15) is 0 Å². The molecule has 0 aromatic heterocycles. The Morgan fingerprint density at radius 2 is 1.79 bits per heavy atom. The van der Waals surface area contributed by atoms with Gasteiger partial charge in [-0.1, -0.05) is 44.8 Å². The van der Waals surface area contributed by atoms with Gasteiger partial charge in [0.2, 0.25) is 0 Å². The highest BCUT2D eigenvalue weighted by atomic mass is 79.9. The summed E-state index contributed by atoms with van der Waals surface area (Å²) >= 11 is 7.13. The lowest BCUT2D eigenvalue weighted by Gasteiger charge is -2.14. The van der Waals surface area contributed by atoms with Crippen LogP contribution in [0.5, 0.6) is 0 Å². The summed E-state index contributed by atoms with van der Waals surface area (Å²) in [5.74, 6) is 0.614. The Balaban J connectivity index is 3.02. The van der Waals surface area contributed by atoms with Crippen LogP contribution in [0.3, 0.4) is 0 Å². The lowest BCUT2D eigenvalue weighted by molar-refractivity contribution is 0.739. The fourth-order valence-electron chi connectivity index (χ4n) is 1.50. The molecule has 2 heteroatoms. The van der Waals surface area contributed by atoms with Gasteiger partial charge in [0, 0.05) is 9.80 Å². The predicted octanol–water partition coefficient (Wildman–Crippen LogP) is 4.95. The molecule has 0 saturated heterocycles. The second-order valence-electron chi connectivity index (χ2n) is 3.84. The van der Waals surface area contributed by atoms with E-state index in [9.17, 15) is 0 Å². The summed E-state index contributed by atoms with van der Waals surface area (Å²) < 4.78 is 1.24. The van der Waals surface area contributed by atoms with Gasteiger partial charge in [0.05, 0.1) is 0 Å². The molecule has 14 heavy (non-hydrogen) atoms. The molecule has 0 saturated carbocycles. The zero-order valence-electron chi connectivity index (χ0n) is 8.90. The Morgan fingerprint density at radius 1 is 1.21 bits per heavy atom. The molecule has 0 aliphatic carbocycles. The smallest absolute Gasteiger partial charge is 0.0212 e. The van der Waals surface area contributed by atoms with Crippen molar-refractivity contribution in [1.29, 1.82) is 0 Å². The van der Waals surface area contributed by atoms with E-state index in [-0.39, 0.29) is 0 Å². The molecule has 1 aromatic carbocycles. The van der Waals surface area contributed by atoms with Gasteiger partial charge >= 0.3 is 0 Å². The number of alkyl halides is 1. The summed E-state index contributed by atoms with van der Waals surface area (Å²) in [5, 5.41) is 1.06. The van der Waals surface area contributed by atoms with Crippen LogP contribution in [0.25, 0.3) is 0 Å². The highest BCUT2D eigenvalue weighted by Crippen LogP contribution is 2.30. The van der Waals surface area contributed by atoms with Crippen molar-refractivity contribution in [3.05, 3.63) is 33.3 Å². The van der Waals surface area contributed by atoms with Gasteiger partial charge in [-0.2, -0.15) is 0 Å². The average Bonchev–Trinajstić information content (AvgIpc) is 2.11. The van der Waals surface area contributed by atoms with Crippen LogP contribution in [-0.4, -0.2) is 5.33 Å². The van der Waals surface area contributed by atoms with Crippen molar-refractivity contribution in [3.8, 4) is 0 Å². The third-order valence-corrected chi connectivity index (χ3v) is 3.83. The summed E-state index contributed by atoms with van der Waals surface area (Å²) in [6.07, 6.45) is 1.18. The van der Waals surface area contributed by atoms with Gasteiger partial charge in [0.15, 0.2) is 0 Å². The zero-order valence-corrected chi connectivity index (χ0v) is 12.1. The minimum atomic E-state index is 0.614. The maximum absolute atomic E-state index is 3.64. The zero-order chi connectivity index (χ0) is 10.7. The molecule has 0 bridgehead atoms. The van der Waals surface area contributed by atoms with Gasteiger partial charge in [-0.25, -0.2) is 0 Å². The largest absolute Gasteiger partial charge is 0.0928 e. The second kappa shape index (κ2) is 5.32. The molecule has 1 aromatic rings. The summed E-state index contributed by atoms with van der Waals surface area (Å²) in [6.45, 7) is 6.60. The predicted molar refractivity (Wildman–Crippen MR) is 70.4 cm³/mol. The van der Waals surface area contributed by atoms with E-state index in [1.165, 1.54) is 27.6 Å². The van der Waals surface area contributed by atoms with Crippen molar-refractivity contribution in [1.82, 2.24) is 0 Å². The Bertz CT molecular complexity index is 318. The van der Waals surface area contributed by atoms with Crippen molar-refractivity contribution in [3.63, 3.8) is 0 Å². The van der Waals surface area contributed by atoms with Crippen LogP contribution < -0.4 is 0 Å². The quantitative estimate of drug-likeness (QED) is 0.691. The maximum Gasteiger partial charge on any atom is 0.0212 e. The molecule has 1 rings (SSSR count). The van der Waals surface area contributed by atoms with E-state index >= 15 is 0 Å². The summed E-state index contributed by atoms with van der Waals surface area (Å²) in [5.41, 5.74) is 4.16. The van der Waals surface area contributed by atoms with Crippen molar-refractivity contribution >= 4 is 31.9 Å². The SMILES string of the molecule is Cc1cc(Br)c(C(C)CCBr)cc1C. The monoisotopic (exact) mass is 318 g/mol. The molecular formula is C12H16Br2. The Labute approximate surface area is 103 Å². The number of hydrogen-bond donors (Lipinski definition) is 0. The first-order valence-electron chi connectivity index (χ1n) is 4.89. The number of aryl methyl sites for hydroxylation is 2. The minimum Gasteiger partial charge on any atom is -0.0928 e. The van der Waals surface area contributed by atoms with E-state index < -0.39 is 0 Å². The van der Waals surface area contributed by atoms with E-state index in [0.29, 0.717) is 5.92 Å². The van der Waals surface area contributed by atoms with Crippen LogP contribution in [0.4, 0.5) is 0 Å². The summed E-state index contributed by atoms with van der Waals surface area (Å²) in [6, 6.07) is 4.52. The molecule has 1 atom stereocenters. The number of benzene rings is 1. The lowest BCUT2D eigenvalue weighted by Crippen LogP contribution is -1.97. The molecule has 0 amide bonds. The highest BCUT2D eigenvalue weighted by molar-refractivity contribution is 9.10. The fourth-order valence-corrected chi connectivity index (χ4v) is 3.04.